The highest BCUT2D eigenvalue weighted by Gasteiger charge is 2.20. The van der Waals surface area contributed by atoms with Crippen molar-refractivity contribution in [3.63, 3.8) is 0 Å². The molecule has 0 spiro atoms. The summed E-state index contributed by atoms with van der Waals surface area (Å²) < 4.78 is 11.1. The van der Waals surface area contributed by atoms with Crippen molar-refractivity contribution in [1.82, 2.24) is 9.78 Å². The number of esters is 1. The number of amides is 1. The molecular weight excluding hydrogens is 374 g/mol. The molecule has 2 aromatic carbocycles. The number of carbonyl (C=O) groups is 2. The number of ether oxygens (including phenoxy) is 1. The largest absolute Gasteiger partial charge is 0.451 e. The molecule has 1 heterocycles. The highest BCUT2D eigenvalue weighted by atomic mass is 16.5. The lowest BCUT2D eigenvalue weighted by Gasteiger charge is -2.15. The zero-order valence-corrected chi connectivity index (χ0v) is 16.3. The lowest BCUT2D eigenvalue weighted by molar-refractivity contribution is -0.154. The van der Waals surface area contributed by atoms with Crippen molar-refractivity contribution in [2.24, 2.45) is 0 Å². The van der Waals surface area contributed by atoms with Gasteiger partial charge in [-0.2, -0.15) is 4.68 Å². The number of aryl methyl sites for hydroxylation is 2. The molecule has 0 aliphatic heterocycles. The Balaban J connectivity index is 1.62. The van der Waals surface area contributed by atoms with Crippen LogP contribution in [0.1, 0.15) is 18.1 Å². The van der Waals surface area contributed by atoms with E-state index in [9.17, 15) is 14.4 Å². The Morgan fingerprint density at radius 1 is 1.17 bits per heavy atom. The van der Waals surface area contributed by atoms with Gasteiger partial charge in [0.1, 0.15) is 6.54 Å². The fourth-order valence-corrected chi connectivity index (χ4v) is 2.62. The highest BCUT2D eigenvalue weighted by molar-refractivity contribution is 5.95. The van der Waals surface area contributed by atoms with E-state index in [0.717, 1.165) is 15.8 Å². The molecular formula is C21H21N3O5. The summed E-state index contributed by atoms with van der Waals surface area (Å²) in [6, 6.07) is 14.5. The molecule has 3 rings (SSSR count). The zero-order valence-electron chi connectivity index (χ0n) is 16.3. The standard InChI is InChI=1S/C21H21N3O5/c1-13-9-10-14(2)17(11-13)22-19(26)15(3)28-18(25)12-24-21(27)29-20(23-24)16-7-5-4-6-8-16/h4-11,15H,12H2,1-3H3,(H,22,26)/t15-/m1/s1. The first-order chi connectivity index (χ1) is 13.8. The van der Waals surface area contributed by atoms with Gasteiger partial charge in [0.05, 0.1) is 0 Å². The van der Waals surface area contributed by atoms with Crippen LogP contribution in [-0.2, 0) is 20.9 Å². The van der Waals surface area contributed by atoms with E-state index in [4.69, 9.17) is 9.15 Å². The van der Waals surface area contributed by atoms with Crippen LogP contribution in [0.2, 0.25) is 0 Å². The lowest BCUT2D eigenvalue weighted by atomic mass is 10.1. The van der Waals surface area contributed by atoms with Crippen LogP contribution < -0.4 is 11.1 Å². The van der Waals surface area contributed by atoms with Crippen LogP contribution in [0.4, 0.5) is 5.69 Å². The molecule has 0 aliphatic rings. The Labute approximate surface area is 167 Å². The van der Waals surface area contributed by atoms with Gasteiger partial charge < -0.3 is 14.5 Å². The van der Waals surface area contributed by atoms with E-state index in [1.165, 1.54) is 6.92 Å². The van der Waals surface area contributed by atoms with Gasteiger partial charge in [0.15, 0.2) is 6.10 Å². The SMILES string of the molecule is Cc1ccc(C)c(NC(=O)[C@@H](C)OC(=O)Cn2nc(-c3ccccc3)oc2=O)c1. The number of anilines is 1. The van der Waals surface area contributed by atoms with Crippen molar-refractivity contribution in [2.75, 3.05) is 5.32 Å². The molecule has 3 aromatic rings. The molecule has 1 N–H and O–H groups in total. The van der Waals surface area contributed by atoms with Crippen molar-refractivity contribution in [2.45, 2.75) is 33.4 Å². The average molecular weight is 395 g/mol. The molecule has 150 valence electrons. The van der Waals surface area contributed by atoms with Gasteiger partial charge in [-0.3, -0.25) is 9.59 Å². The topological polar surface area (TPSA) is 103 Å². The van der Waals surface area contributed by atoms with Crippen LogP contribution in [0.5, 0.6) is 0 Å². The van der Waals surface area contributed by atoms with Crippen LogP contribution in [-0.4, -0.2) is 27.8 Å². The van der Waals surface area contributed by atoms with Gasteiger partial charge in [-0.15, -0.1) is 5.10 Å². The number of hydrogen-bond donors (Lipinski definition) is 1. The second kappa shape index (κ2) is 8.55. The first kappa shape index (κ1) is 20.1. The lowest BCUT2D eigenvalue weighted by Crippen LogP contribution is -2.32. The van der Waals surface area contributed by atoms with Crippen LogP contribution >= 0.6 is 0 Å². The molecule has 1 aromatic heterocycles. The smallest absolute Gasteiger partial charge is 0.437 e. The summed E-state index contributed by atoms with van der Waals surface area (Å²) >= 11 is 0. The second-order valence-corrected chi connectivity index (χ2v) is 6.64. The average Bonchev–Trinajstić information content (AvgIpc) is 3.05. The molecule has 0 saturated carbocycles. The minimum Gasteiger partial charge on any atom is -0.451 e. The minimum atomic E-state index is -1.04. The molecule has 0 unspecified atom stereocenters. The number of carbonyl (C=O) groups excluding carboxylic acids is 2. The summed E-state index contributed by atoms with van der Waals surface area (Å²) in [5.74, 6) is -1.93. The summed E-state index contributed by atoms with van der Waals surface area (Å²) in [7, 11) is 0. The molecule has 0 aliphatic carbocycles. The molecule has 1 atom stereocenters. The normalized spacial score (nSPS) is 11.7. The number of nitrogens with zero attached hydrogens (tertiary/aromatic N) is 2. The van der Waals surface area contributed by atoms with Gasteiger partial charge in [0, 0.05) is 11.3 Å². The van der Waals surface area contributed by atoms with Gasteiger partial charge in [0.2, 0.25) is 5.89 Å². The summed E-state index contributed by atoms with van der Waals surface area (Å²) in [6.07, 6.45) is -1.04. The first-order valence-corrected chi connectivity index (χ1v) is 9.04. The van der Waals surface area contributed by atoms with Crippen LogP contribution in [0.15, 0.2) is 57.7 Å². The summed E-state index contributed by atoms with van der Waals surface area (Å²) in [5, 5.41) is 6.74. The highest BCUT2D eigenvalue weighted by Crippen LogP contribution is 2.17. The van der Waals surface area contributed by atoms with Gasteiger partial charge in [0.25, 0.3) is 5.91 Å². The Kier molecular flexibility index (Phi) is 5.92. The molecule has 0 fully saturated rings. The predicted molar refractivity (Wildman–Crippen MR) is 106 cm³/mol. The minimum absolute atomic E-state index is 0.101. The zero-order chi connectivity index (χ0) is 21.0. The maximum Gasteiger partial charge on any atom is 0.437 e. The van der Waals surface area contributed by atoms with E-state index >= 15 is 0 Å². The Bertz CT molecular complexity index is 1090. The van der Waals surface area contributed by atoms with Gasteiger partial charge in [-0.05, 0) is 50.1 Å². The fraction of sp³-hybridized carbons (Fsp3) is 0.238. The monoisotopic (exact) mass is 395 g/mol. The third-order valence-corrected chi connectivity index (χ3v) is 4.23. The molecule has 0 saturated heterocycles. The quantitative estimate of drug-likeness (QED) is 0.644. The van der Waals surface area contributed by atoms with Crippen LogP contribution in [0.25, 0.3) is 11.5 Å². The maximum absolute atomic E-state index is 12.3. The van der Waals surface area contributed by atoms with E-state index in [0.29, 0.717) is 11.3 Å². The third kappa shape index (κ3) is 4.98. The predicted octanol–water partition coefficient (Wildman–Crippen LogP) is 2.69. The van der Waals surface area contributed by atoms with Crippen molar-refractivity contribution < 1.29 is 18.7 Å². The van der Waals surface area contributed by atoms with Gasteiger partial charge in [-0.1, -0.05) is 30.3 Å². The van der Waals surface area contributed by atoms with E-state index in [1.807, 2.05) is 38.1 Å². The van der Waals surface area contributed by atoms with Gasteiger partial charge >= 0.3 is 11.7 Å². The van der Waals surface area contributed by atoms with E-state index in [1.54, 1.807) is 24.3 Å². The summed E-state index contributed by atoms with van der Waals surface area (Å²) in [5.41, 5.74) is 3.15. The number of nitrogens with one attached hydrogen (secondary N) is 1. The molecule has 8 heteroatoms. The third-order valence-electron chi connectivity index (χ3n) is 4.23. The van der Waals surface area contributed by atoms with E-state index in [2.05, 4.69) is 10.4 Å². The van der Waals surface area contributed by atoms with Crippen molar-refractivity contribution in [1.29, 1.82) is 0 Å². The van der Waals surface area contributed by atoms with Crippen LogP contribution in [0, 0.1) is 13.8 Å². The molecule has 29 heavy (non-hydrogen) atoms. The second-order valence-electron chi connectivity index (χ2n) is 6.64. The fourth-order valence-electron chi connectivity index (χ4n) is 2.62. The summed E-state index contributed by atoms with van der Waals surface area (Å²) in [4.78, 5) is 36.4. The Morgan fingerprint density at radius 2 is 1.90 bits per heavy atom. The molecule has 0 bridgehead atoms. The molecule has 0 radical (unpaired) electrons. The summed E-state index contributed by atoms with van der Waals surface area (Å²) in [6.45, 7) is 4.78. The van der Waals surface area contributed by atoms with Crippen molar-refractivity contribution in [3.8, 4) is 11.5 Å². The number of hydrogen-bond acceptors (Lipinski definition) is 6. The van der Waals surface area contributed by atoms with Crippen molar-refractivity contribution >= 4 is 17.6 Å². The Morgan fingerprint density at radius 3 is 2.62 bits per heavy atom. The van der Waals surface area contributed by atoms with Crippen molar-refractivity contribution in [3.05, 3.63) is 70.2 Å². The number of aromatic nitrogens is 2. The molecule has 1 amide bonds. The van der Waals surface area contributed by atoms with E-state index in [-0.39, 0.29) is 5.89 Å². The number of rotatable bonds is 6. The number of benzene rings is 2. The maximum atomic E-state index is 12.3. The van der Waals surface area contributed by atoms with Gasteiger partial charge in [-0.25, -0.2) is 4.79 Å². The van der Waals surface area contributed by atoms with E-state index < -0.39 is 30.3 Å². The van der Waals surface area contributed by atoms with Crippen LogP contribution in [0.3, 0.4) is 0 Å². The molecule has 8 nitrogen and oxygen atoms in total. The first-order valence-electron chi connectivity index (χ1n) is 9.04. The Hall–Kier alpha value is -3.68.